The Morgan fingerprint density at radius 3 is 2.89 bits per heavy atom. The van der Waals surface area contributed by atoms with Crippen molar-refractivity contribution in [3.05, 3.63) is 52.2 Å². The molecule has 1 unspecified atom stereocenters. The van der Waals surface area contributed by atoms with Crippen molar-refractivity contribution in [1.29, 1.82) is 0 Å². The molecule has 0 aliphatic rings. The van der Waals surface area contributed by atoms with E-state index < -0.39 is 6.04 Å². The Balaban J connectivity index is 2.18. The summed E-state index contributed by atoms with van der Waals surface area (Å²) in [7, 11) is 0. The summed E-state index contributed by atoms with van der Waals surface area (Å²) in [5.74, 6) is 0.964. The number of hydrogen-bond acceptors (Lipinski definition) is 5. The third-order valence-electron chi connectivity index (χ3n) is 2.90. The fourth-order valence-corrected chi connectivity index (χ4v) is 2.44. The SMILES string of the molecule is Cc1nc(C(N)c2ccc(Br)c3cccnc23)no1. The average Bonchev–Trinajstić information content (AvgIpc) is 2.86. The zero-order valence-electron chi connectivity index (χ0n) is 10.2. The first kappa shape index (κ1) is 12.3. The number of nitrogens with zero attached hydrogens (tertiary/aromatic N) is 3. The minimum atomic E-state index is -0.456. The van der Waals surface area contributed by atoms with Crippen LogP contribution in [0.3, 0.4) is 0 Å². The van der Waals surface area contributed by atoms with Crippen molar-refractivity contribution in [2.75, 3.05) is 0 Å². The van der Waals surface area contributed by atoms with Gasteiger partial charge in [0.05, 0.1) is 11.6 Å². The van der Waals surface area contributed by atoms with Crippen LogP contribution < -0.4 is 5.73 Å². The topological polar surface area (TPSA) is 77.8 Å². The van der Waals surface area contributed by atoms with Crippen molar-refractivity contribution < 1.29 is 4.52 Å². The van der Waals surface area contributed by atoms with E-state index in [0.29, 0.717) is 11.7 Å². The lowest BCUT2D eigenvalue weighted by Crippen LogP contribution is -2.14. The minimum Gasteiger partial charge on any atom is -0.340 e. The lowest BCUT2D eigenvalue weighted by molar-refractivity contribution is 0.385. The number of halogens is 1. The normalized spacial score (nSPS) is 12.8. The molecule has 0 radical (unpaired) electrons. The van der Waals surface area contributed by atoms with Gasteiger partial charge in [0.15, 0.2) is 5.82 Å². The first-order chi connectivity index (χ1) is 9.16. The molecule has 1 atom stereocenters. The summed E-state index contributed by atoms with van der Waals surface area (Å²) in [5, 5.41) is 4.88. The maximum Gasteiger partial charge on any atom is 0.223 e. The average molecular weight is 319 g/mol. The molecule has 19 heavy (non-hydrogen) atoms. The molecule has 0 fully saturated rings. The smallest absolute Gasteiger partial charge is 0.223 e. The molecule has 0 saturated carbocycles. The second-order valence-electron chi connectivity index (χ2n) is 4.19. The van der Waals surface area contributed by atoms with Gasteiger partial charge in [0.2, 0.25) is 5.89 Å². The Kier molecular flexibility index (Phi) is 3.04. The van der Waals surface area contributed by atoms with Crippen molar-refractivity contribution >= 4 is 26.8 Å². The number of aromatic nitrogens is 3. The third kappa shape index (κ3) is 2.13. The Morgan fingerprint density at radius 2 is 2.16 bits per heavy atom. The first-order valence-electron chi connectivity index (χ1n) is 5.76. The van der Waals surface area contributed by atoms with E-state index in [9.17, 15) is 0 Å². The molecule has 0 bridgehead atoms. The van der Waals surface area contributed by atoms with Crippen molar-refractivity contribution in [3.63, 3.8) is 0 Å². The first-order valence-corrected chi connectivity index (χ1v) is 6.55. The van der Waals surface area contributed by atoms with E-state index in [1.807, 2.05) is 24.3 Å². The van der Waals surface area contributed by atoms with Gasteiger partial charge in [0, 0.05) is 28.5 Å². The van der Waals surface area contributed by atoms with Crippen LogP contribution in [-0.4, -0.2) is 15.1 Å². The number of fused-ring (bicyclic) bond motifs is 1. The molecule has 2 aromatic heterocycles. The molecule has 2 N–H and O–H groups in total. The van der Waals surface area contributed by atoms with Crippen LogP contribution in [0.5, 0.6) is 0 Å². The van der Waals surface area contributed by atoms with Crippen LogP contribution in [0.2, 0.25) is 0 Å². The quantitative estimate of drug-likeness (QED) is 0.786. The lowest BCUT2D eigenvalue weighted by Gasteiger charge is -2.11. The van der Waals surface area contributed by atoms with Crippen molar-refractivity contribution in [2.45, 2.75) is 13.0 Å². The van der Waals surface area contributed by atoms with Gasteiger partial charge in [0.1, 0.15) is 0 Å². The summed E-state index contributed by atoms with van der Waals surface area (Å²) in [6, 6.07) is 7.30. The summed E-state index contributed by atoms with van der Waals surface area (Å²) >= 11 is 3.51. The molecule has 1 aromatic carbocycles. The number of aryl methyl sites for hydroxylation is 1. The molecule has 96 valence electrons. The Labute approximate surface area is 118 Å². The molecule has 0 saturated heterocycles. The van der Waals surface area contributed by atoms with Gasteiger partial charge in [-0.3, -0.25) is 4.98 Å². The van der Waals surface area contributed by atoms with Crippen molar-refractivity contribution in [2.24, 2.45) is 5.73 Å². The highest BCUT2D eigenvalue weighted by Crippen LogP contribution is 2.29. The number of rotatable bonds is 2. The monoisotopic (exact) mass is 318 g/mol. The highest BCUT2D eigenvalue weighted by Gasteiger charge is 2.18. The summed E-state index contributed by atoms with van der Waals surface area (Å²) in [6.07, 6.45) is 1.74. The van der Waals surface area contributed by atoms with E-state index in [2.05, 4.69) is 31.1 Å². The molecule has 3 rings (SSSR count). The van der Waals surface area contributed by atoms with E-state index >= 15 is 0 Å². The highest BCUT2D eigenvalue weighted by molar-refractivity contribution is 9.10. The van der Waals surface area contributed by atoms with Crippen molar-refractivity contribution in [1.82, 2.24) is 15.1 Å². The van der Waals surface area contributed by atoms with Gasteiger partial charge in [-0.15, -0.1) is 0 Å². The third-order valence-corrected chi connectivity index (χ3v) is 3.60. The van der Waals surface area contributed by atoms with Gasteiger partial charge in [-0.25, -0.2) is 0 Å². The van der Waals surface area contributed by atoms with Crippen LogP contribution in [-0.2, 0) is 0 Å². The summed E-state index contributed by atoms with van der Waals surface area (Å²) in [4.78, 5) is 8.57. The molecular weight excluding hydrogens is 308 g/mol. The fraction of sp³-hybridized carbons (Fsp3) is 0.154. The number of hydrogen-bond donors (Lipinski definition) is 1. The molecular formula is C13H11BrN4O. The molecule has 0 amide bonds. The second-order valence-corrected chi connectivity index (χ2v) is 5.04. The van der Waals surface area contributed by atoms with E-state index in [1.165, 1.54) is 0 Å². The standard InChI is InChI=1S/C13H11BrN4O/c1-7-17-13(18-19-7)11(15)9-4-5-10(14)8-3-2-6-16-12(8)9/h2-6,11H,15H2,1H3. The van der Waals surface area contributed by atoms with Crippen LogP contribution in [0.25, 0.3) is 10.9 Å². The van der Waals surface area contributed by atoms with Gasteiger partial charge < -0.3 is 10.3 Å². The van der Waals surface area contributed by atoms with E-state index in [1.54, 1.807) is 13.1 Å². The molecule has 0 aliphatic heterocycles. The molecule has 6 heteroatoms. The highest BCUT2D eigenvalue weighted by atomic mass is 79.9. The number of benzene rings is 1. The van der Waals surface area contributed by atoms with E-state index in [4.69, 9.17) is 10.3 Å². The van der Waals surface area contributed by atoms with E-state index in [0.717, 1.165) is 20.9 Å². The van der Waals surface area contributed by atoms with Gasteiger partial charge in [-0.2, -0.15) is 4.98 Å². The van der Waals surface area contributed by atoms with Gasteiger partial charge in [-0.1, -0.05) is 33.2 Å². The Morgan fingerprint density at radius 1 is 1.32 bits per heavy atom. The predicted molar refractivity (Wildman–Crippen MR) is 74.5 cm³/mol. The van der Waals surface area contributed by atoms with Crippen molar-refractivity contribution in [3.8, 4) is 0 Å². The number of pyridine rings is 1. The zero-order valence-corrected chi connectivity index (χ0v) is 11.8. The van der Waals surface area contributed by atoms with Gasteiger partial charge in [-0.05, 0) is 12.1 Å². The minimum absolute atomic E-state index is 0.456. The summed E-state index contributed by atoms with van der Waals surface area (Å²) in [5.41, 5.74) is 7.92. The molecule has 0 aliphatic carbocycles. The van der Waals surface area contributed by atoms with Gasteiger partial charge >= 0.3 is 0 Å². The predicted octanol–water partition coefficient (Wildman–Crippen LogP) is 2.74. The fourth-order valence-electron chi connectivity index (χ4n) is 1.99. The number of nitrogens with two attached hydrogens (primary N) is 1. The van der Waals surface area contributed by atoms with Gasteiger partial charge in [0.25, 0.3) is 0 Å². The maximum absolute atomic E-state index is 6.21. The van der Waals surface area contributed by atoms with E-state index in [-0.39, 0.29) is 0 Å². The summed E-state index contributed by atoms with van der Waals surface area (Å²) < 4.78 is 5.95. The van der Waals surface area contributed by atoms with Crippen LogP contribution >= 0.6 is 15.9 Å². The van der Waals surface area contributed by atoms with Crippen LogP contribution in [0.1, 0.15) is 23.3 Å². The Hall–Kier alpha value is -1.79. The van der Waals surface area contributed by atoms with Crippen LogP contribution in [0.4, 0.5) is 0 Å². The molecule has 2 heterocycles. The lowest BCUT2D eigenvalue weighted by atomic mass is 10.0. The summed E-state index contributed by atoms with van der Waals surface area (Å²) in [6.45, 7) is 1.74. The van der Waals surface area contributed by atoms with Crippen LogP contribution in [0, 0.1) is 6.92 Å². The molecule has 3 aromatic rings. The maximum atomic E-state index is 6.21. The zero-order chi connectivity index (χ0) is 13.4. The second kappa shape index (κ2) is 4.71. The molecule has 5 nitrogen and oxygen atoms in total. The Bertz CT molecular complexity index is 740. The molecule has 0 spiro atoms. The van der Waals surface area contributed by atoms with Crippen LogP contribution in [0.15, 0.2) is 39.5 Å². The largest absolute Gasteiger partial charge is 0.340 e.